The Morgan fingerprint density at radius 3 is 2.48 bits per heavy atom. The van der Waals surface area contributed by atoms with Gasteiger partial charge >= 0.3 is 6.03 Å². The summed E-state index contributed by atoms with van der Waals surface area (Å²) in [5, 5.41) is 13.2. The summed E-state index contributed by atoms with van der Waals surface area (Å²) in [5.41, 5.74) is 10.5. The summed E-state index contributed by atoms with van der Waals surface area (Å²) in [6, 6.07) is 11.9. The van der Waals surface area contributed by atoms with Crippen LogP contribution in [0.1, 0.15) is 22.8 Å². The molecule has 0 atom stereocenters. The van der Waals surface area contributed by atoms with E-state index >= 15 is 0 Å². The van der Waals surface area contributed by atoms with Crippen LogP contribution < -0.4 is 21.7 Å². The van der Waals surface area contributed by atoms with Gasteiger partial charge in [-0.25, -0.2) is 14.3 Å². The predicted octanol–water partition coefficient (Wildman–Crippen LogP) is 4.33. The third-order valence-corrected chi connectivity index (χ3v) is 5.46. The molecule has 2 aromatic carbocycles. The van der Waals surface area contributed by atoms with Crippen molar-refractivity contribution in [3.63, 3.8) is 0 Å². The van der Waals surface area contributed by atoms with Gasteiger partial charge in [0.25, 0.3) is 5.91 Å². The van der Waals surface area contributed by atoms with E-state index in [4.69, 9.17) is 17.3 Å². The molecule has 5 N–H and O–H groups in total. The van der Waals surface area contributed by atoms with Crippen LogP contribution in [0.3, 0.4) is 0 Å². The zero-order valence-electron chi connectivity index (χ0n) is 18.0. The lowest BCUT2D eigenvalue weighted by atomic mass is 10.0. The zero-order valence-corrected chi connectivity index (χ0v) is 18.8. The van der Waals surface area contributed by atoms with Gasteiger partial charge in [-0.15, -0.1) is 0 Å². The van der Waals surface area contributed by atoms with Crippen LogP contribution in [0.4, 0.5) is 22.0 Å². The standard InChI is InChI=1S/C23H22ClN7O2/c1-3-26-22(32)17-11-31-20(21(25)27-12-28-31)19(17)14-4-6-15(7-5-14)29-23(33)30-16-8-9-18(24)13(2)10-16/h4-12H,3H2,1-2H3,(H,26,32)(H2,25,27,28)(H2,29,30,33). The normalized spacial score (nSPS) is 10.8. The molecule has 0 aliphatic carbocycles. The number of nitrogen functional groups attached to an aromatic ring is 1. The number of halogens is 1. The average Bonchev–Trinajstić information content (AvgIpc) is 3.18. The van der Waals surface area contributed by atoms with Crippen molar-refractivity contribution in [3.05, 3.63) is 71.1 Å². The van der Waals surface area contributed by atoms with Gasteiger partial charge in [-0.2, -0.15) is 5.10 Å². The van der Waals surface area contributed by atoms with Crippen LogP contribution in [-0.2, 0) is 0 Å². The molecule has 168 valence electrons. The molecule has 33 heavy (non-hydrogen) atoms. The molecule has 3 amide bonds. The number of nitrogens with zero attached hydrogens (tertiary/aromatic N) is 3. The number of anilines is 3. The minimum absolute atomic E-state index is 0.239. The lowest BCUT2D eigenvalue weighted by molar-refractivity contribution is 0.0956. The second-order valence-corrected chi connectivity index (χ2v) is 7.74. The van der Waals surface area contributed by atoms with Gasteiger partial charge in [0.2, 0.25) is 0 Å². The van der Waals surface area contributed by atoms with Gasteiger partial charge in [0.1, 0.15) is 11.8 Å². The van der Waals surface area contributed by atoms with Crippen molar-refractivity contribution in [1.29, 1.82) is 0 Å². The number of hydrogen-bond donors (Lipinski definition) is 4. The number of aromatic nitrogens is 3. The number of fused-ring (bicyclic) bond motifs is 1. The molecule has 0 unspecified atom stereocenters. The average molecular weight is 464 g/mol. The van der Waals surface area contributed by atoms with Gasteiger partial charge in [-0.3, -0.25) is 4.79 Å². The minimum atomic E-state index is -0.389. The first-order chi connectivity index (χ1) is 15.9. The molecule has 0 aliphatic rings. The second-order valence-electron chi connectivity index (χ2n) is 7.34. The van der Waals surface area contributed by atoms with E-state index in [1.54, 1.807) is 48.7 Å². The summed E-state index contributed by atoms with van der Waals surface area (Å²) >= 11 is 6.03. The first-order valence-electron chi connectivity index (χ1n) is 10.2. The summed E-state index contributed by atoms with van der Waals surface area (Å²) in [5.74, 6) is 0.0209. The first-order valence-corrected chi connectivity index (χ1v) is 10.6. The number of aryl methyl sites for hydroxylation is 1. The molecule has 0 radical (unpaired) electrons. The molecule has 2 aromatic heterocycles. The predicted molar refractivity (Wildman–Crippen MR) is 130 cm³/mol. The Hall–Kier alpha value is -4.11. The minimum Gasteiger partial charge on any atom is -0.382 e. The monoisotopic (exact) mass is 463 g/mol. The van der Waals surface area contributed by atoms with E-state index in [-0.39, 0.29) is 17.8 Å². The lowest BCUT2D eigenvalue weighted by Crippen LogP contribution is -2.22. The molecule has 0 saturated heterocycles. The highest BCUT2D eigenvalue weighted by atomic mass is 35.5. The van der Waals surface area contributed by atoms with Gasteiger partial charge in [-0.1, -0.05) is 23.7 Å². The summed E-state index contributed by atoms with van der Waals surface area (Å²) in [4.78, 5) is 29.1. The fraction of sp³-hybridized carbons (Fsp3) is 0.130. The van der Waals surface area contributed by atoms with Crippen molar-refractivity contribution in [2.24, 2.45) is 0 Å². The Labute approximate surface area is 195 Å². The largest absolute Gasteiger partial charge is 0.382 e. The van der Waals surface area contributed by atoms with Gasteiger partial charge in [-0.05, 0) is 55.3 Å². The van der Waals surface area contributed by atoms with E-state index in [9.17, 15) is 9.59 Å². The number of amides is 3. The Kier molecular flexibility index (Phi) is 6.14. The van der Waals surface area contributed by atoms with E-state index in [1.165, 1.54) is 10.8 Å². The van der Waals surface area contributed by atoms with E-state index in [1.807, 2.05) is 13.8 Å². The molecular weight excluding hydrogens is 442 g/mol. The van der Waals surface area contributed by atoms with Gasteiger partial charge in [0.15, 0.2) is 5.82 Å². The Bertz CT molecular complexity index is 1350. The van der Waals surface area contributed by atoms with E-state index in [0.717, 1.165) is 11.1 Å². The van der Waals surface area contributed by atoms with Crippen LogP contribution in [0, 0.1) is 6.92 Å². The Morgan fingerprint density at radius 1 is 1.09 bits per heavy atom. The molecule has 0 aliphatic heterocycles. The molecule has 10 heteroatoms. The molecule has 4 rings (SSSR count). The Morgan fingerprint density at radius 2 is 1.79 bits per heavy atom. The summed E-state index contributed by atoms with van der Waals surface area (Å²) in [7, 11) is 0. The number of benzene rings is 2. The van der Waals surface area contributed by atoms with Crippen molar-refractivity contribution in [2.45, 2.75) is 13.8 Å². The molecule has 0 fully saturated rings. The van der Waals surface area contributed by atoms with Crippen molar-refractivity contribution in [1.82, 2.24) is 19.9 Å². The van der Waals surface area contributed by atoms with Crippen LogP contribution in [0.15, 0.2) is 55.0 Å². The number of carbonyl (C=O) groups is 2. The fourth-order valence-electron chi connectivity index (χ4n) is 3.49. The number of urea groups is 1. The van der Waals surface area contributed by atoms with Crippen molar-refractivity contribution in [2.75, 3.05) is 22.9 Å². The van der Waals surface area contributed by atoms with E-state index in [0.29, 0.717) is 39.6 Å². The SMILES string of the molecule is CCNC(=O)c1cn2ncnc(N)c2c1-c1ccc(NC(=O)Nc2ccc(Cl)c(C)c2)cc1. The highest BCUT2D eigenvalue weighted by molar-refractivity contribution is 6.31. The summed E-state index contributed by atoms with van der Waals surface area (Å²) in [6.45, 7) is 4.19. The molecule has 0 bridgehead atoms. The van der Waals surface area contributed by atoms with Crippen molar-refractivity contribution in [3.8, 4) is 11.1 Å². The lowest BCUT2D eigenvalue weighted by Gasteiger charge is -2.10. The van der Waals surface area contributed by atoms with Gasteiger partial charge < -0.3 is 21.7 Å². The number of rotatable bonds is 5. The molecular formula is C23H22ClN7O2. The zero-order chi connectivity index (χ0) is 23.5. The van der Waals surface area contributed by atoms with Crippen LogP contribution >= 0.6 is 11.6 Å². The Balaban J connectivity index is 1.60. The first kappa shape index (κ1) is 22.1. The smallest absolute Gasteiger partial charge is 0.323 e. The maximum absolute atomic E-state index is 12.7. The maximum Gasteiger partial charge on any atom is 0.323 e. The number of carbonyl (C=O) groups excluding carboxylic acids is 2. The van der Waals surface area contributed by atoms with Gasteiger partial charge in [0.05, 0.1) is 5.56 Å². The van der Waals surface area contributed by atoms with Crippen LogP contribution in [0.2, 0.25) is 5.02 Å². The molecule has 2 heterocycles. The topological polar surface area (TPSA) is 126 Å². The number of nitrogens with one attached hydrogen (secondary N) is 3. The quantitative estimate of drug-likeness (QED) is 0.350. The summed E-state index contributed by atoms with van der Waals surface area (Å²) < 4.78 is 1.54. The highest BCUT2D eigenvalue weighted by Gasteiger charge is 2.21. The fourth-order valence-corrected chi connectivity index (χ4v) is 3.61. The van der Waals surface area contributed by atoms with Crippen LogP contribution in [0.25, 0.3) is 16.6 Å². The second kappa shape index (κ2) is 9.17. The third kappa shape index (κ3) is 4.58. The molecule has 4 aromatic rings. The van der Waals surface area contributed by atoms with Crippen LogP contribution in [0.5, 0.6) is 0 Å². The van der Waals surface area contributed by atoms with Crippen molar-refractivity contribution < 1.29 is 9.59 Å². The number of hydrogen-bond acceptors (Lipinski definition) is 5. The molecule has 9 nitrogen and oxygen atoms in total. The van der Waals surface area contributed by atoms with Crippen molar-refractivity contribution >= 4 is 46.2 Å². The number of nitrogens with two attached hydrogens (primary N) is 1. The third-order valence-electron chi connectivity index (χ3n) is 5.03. The molecule has 0 spiro atoms. The molecule has 0 saturated carbocycles. The van der Waals surface area contributed by atoms with E-state index < -0.39 is 0 Å². The van der Waals surface area contributed by atoms with Crippen LogP contribution in [-0.4, -0.2) is 33.1 Å². The summed E-state index contributed by atoms with van der Waals surface area (Å²) in [6.07, 6.45) is 2.96. The van der Waals surface area contributed by atoms with E-state index in [2.05, 4.69) is 26.0 Å². The van der Waals surface area contributed by atoms with Gasteiger partial charge in [0, 0.05) is 34.7 Å². The highest BCUT2D eigenvalue weighted by Crippen LogP contribution is 2.33. The maximum atomic E-state index is 12.7.